The van der Waals surface area contributed by atoms with Crippen molar-refractivity contribution in [2.45, 2.75) is 26.8 Å². The van der Waals surface area contributed by atoms with Gasteiger partial charge in [0.1, 0.15) is 5.56 Å². The molecule has 1 aliphatic rings. The number of hydrogen-bond acceptors (Lipinski definition) is 5. The van der Waals surface area contributed by atoms with Crippen LogP contribution in [0.1, 0.15) is 33.7 Å². The van der Waals surface area contributed by atoms with Crippen molar-refractivity contribution in [3.63, 3.8) is 0 Å². The van der Waals surface area contributed by atoms with Crippen molar-refractivity contribution in [1.82, 2.24) is 24.3 Å². The minimum Gasteiger partial charge on any atom is -0.337 e. The zero-order valence-corrected chi connectivity index (χ0v) is 15.6. The van der Waals surface area contributed by atoms with E-state index in [1.54, 1.807) is 23.5 Å². The van der Waals surface area contributed by atoms with E-state index < -0.39 is 0 Å². The van der Waals surface area contributed by atoms with E-state index in [2.05, 4.69) is 21.9 Å². The van der Waals surface area contributed by atoms with E-state index in [4.69, 9.17) is 0 Å². The monoisotopic (exact) mass is 355 g/mol. The lowest BCUT2D eigenvalue weighted by Gasteiger charge is -2.21. The summed E-state index contributed by atoms with van der Waals surface area (Å²) in [5.74, 6) is -0.174. The Morgan fingerprint density at radius 1 is 1.12 bits per heavy atom. The summed E-state index contributed by atoms with van der Waals surface area (Å²) in [7, 11) is 2.05. The van der Waals surface area contributed by atoms with Gasteiger partial charge in [-0.1, -0.05) is 0 Å². The van der Waals surface area contributed by atoms with Gasteiger partial charge in [-0.25, -0.2) is 0 Å². The maximum absolute atomic E-state index is 13.0. The number of amides is 1. The molecule has 1 fully saturated rings. The highest BCUT2D eigenvalue weighted by Gasteiger charge is 2.23. The molecule has 0 unspecified atom stereocenters. The predicted octanol–water partition coefficient (Wildman–Crippen LogP) is 1.08. The van der Waals surface area contributed by atoms with E-state index >= 15 is 0 Å². The standard InChI is InChI=1S/C19H25N5O2/c1-14-5-8-24(13-16-12-20-15(2)11-21-16)19(26)17(14)18(25)23-7-4-6-22(3)9-10-23/h5,8,11-12H,4,6-7,9-10,13H2,1-3H3. The van der Waals surface area contributed by atoms with Gasteiger partial charge in [0.2, 0.25) is 0 Å². The number of aryl methyl sites for hydroxylation is 2. The Hall–Kier alpha value is -2.54. The van der Waals surface area contributed by atoms with Gasteiger partial charge in [-0.05, 0) is 45.5 Å². The molecule has 1 saturated heterocycles. The molecule has 26 heavy (non-hydrogen) atoms. The summed E-state index contributed by atoms with van der Waals surface area (Å²) in [6.45, 7) is 7.10. The smallest absolute Gasteiger partial charge is 0.264 e. The first-order valence-electron chi connectivity index (χ1n) is 8.91. The Bertz CT molecular complexity index is 844. The molecule has 2 aromatic heterocycles. The van der Waals surface area contributed by atoms with Crippen molar-refractivity contribution < 1.29 is 4.79 Å². The van der Waals surface area contributed by atoms with Gasteiger partial charge >= 0.3 is 0 Å². The van der Waals surface area contributed by atoms with E-state index in [0.717, 1.165) is 25.2 Å². The van der Waals surface area contributed by atoms with Crippen LogP contribution in [0.3, 0.4) is 0 Å². The van der Waals surface area contributed by atoms with Gasteiger partial charge < -0.3 is 14.4 Å². The fourth-order valence-electron chi connectivity index (χ4n) is 3.13. The molecule has 138 valence electrons. The van der Waals surface area contributed by atoms with Crippen molar-refractivity contribution in [2.24, 2.45) is 0 Å². The van der Waals surface area contributed by atoms with Gasteiger partial charge in [-0.15, -0.1) is 0 Å². The van der Waals surface area contributed by atoms with Gasteiger partial charge in [-0.3, -0.25) is 19.6 Å². The van der Waals surface area contributed by atoms with E-state index in [-0.39, 0.29) is 17.0 Å². The Kier molecular flexibility index (Phi) is 5.46. The number of pyridine rings is 1. The lowest BCUT2D eigenvalue weighted by atomic mass is 10.1. The summed E-state index contributed by atoms with van der Waals surface area (Å²) in [6, 6.07) is 1.82. The molecular formula is C19H25N5O2. The Balaban J connectivity index is 1.88. The normalized spacial score (nSPS) is 15.7. The molecule has 2 aromatic rings. The lowest BCUT2D eigenvalue weighted by molar-refractivity contribution is 0.0759. The zero-order chi connectivity index (χ0) is 18.7. The molecule has 0 N–H and O–H groups in total. The van der Waals surface area contributed by atoms with Gasteiger partial charge in [0.25, 0.3) is 11.5 Å². The molecule has 1 aliphatic heterocycles. The summed E-state index contributed by atoms with van der Waals surface area (Å²) in [5, 5.41) is 0. The van der Waals surface area contributed by atoms with Crippen molar-refractivity contribution in [3.8, 4) is 0 Å². The summed E-state index contributed by atoms with van der Waals surface area (Å²) < 4.78 is 1.53. The number of nitrogens with zero attached hydrogens (tertiary/aromatic N) is 5. The van der Waals surface area contributed by atoms with E-state index in [1.165, 1.54) is 4.57 Å². The quantitative estimate of drug-likeness (QED) is 0.824. The average molecular weight is 355 g/mol. The first-order valence-corrected chi connectivity index (χ1v) is 8.91. The fourth-order valence-corrected chi connectivity index (χ4v) is 3.13. The molecule has 0 aliphatic carbocycles. The van der Waals surface area contributed by atoms with Crippen LogP contribution >= 0.6 is 0 Å². The fraction of sp³-hybridized carbons (Fsp3) is 0.474. The summed E-state index contributed by atoms with van der Waals surface area (Å²) in [6.07, 6.45) is 5.97. The third-order valence-corrected chi connectivity index (χ3v) is 4.76. The maximum atomic E-state index is 13.0. The average Bonchev–Trinajstić information content (AvgIpc) is 2.84. The van der Waals surface area contributed by atoms with Crippen LogP contribution in [0.5, 0.6) is 0 Å². The highest BCUT2D eigenvalue weighted by atomic mass is 16.2. The molecule has 0 spiro atoms. The number of rotatable bonds is 3. The highest BCUT2D eigenvalue weighted by molar-refractivity contribution is 5.95. The van der Waals surface area contributed by atoms with Crippen LogP contribution in [-0.4, -0.2) is 63.5 Å². The summed E-state index contributed by atoms with van der Waals surface area (Å²) >= 11 is 0. The predicted molar refractivity (Wildman–Crippen MR) is 99.3 cm³/mol. The number of carbonyl (C=O) groups is 1. The molecule has 3 rings (SSSR count). The Labute approximate surface area is 153 Å². The highest BCUT2D eigenvalue weighted by Crippen LogP contribution is 2.10. The summed E-state index contributed by atoms with van der Waals surface area (Å²) in [5.41, 5.74) is 2.22. The molecule has 3 heterocycles. The number of likely N-dealkylation sites (N-methyl/N-ethyl adjacent to an activating group) is 1. The number of carbonyl (C=O) groups excluding carboxylic acids is 1. The van der Waals surface area contributed by atoms with Crippen LogP contribution in [0, 0.1) is 13.8 Å². The number of hydrogen-bond donors (Lipinski definition) is 0. The van der Waals surface area contributed by atoms with E-state index in [0.29, 0.717) is 30.9 Å². The minimum absolute atomic E-state index is 0.174. The zero-order valence-electron chi connectivity index (χ0n) is 15.6. The first-order chi connectivity index (χ1) is 12.5. The van der Waals surface area contributed by atoms with E-state index in [1.807, 2.05) is 19.9 Å². The van der Waals surface area contributed by atoms with Gasteiger partial charge in [0.15, 0.2) is 0 Å². The number of aromatic nitrogens is 3. The van der Waals surface area contributed by atoms with Crippen LogP contribution in [0.25, 0.3) is 0 Å². The molecule has 7 nitrogen and oxygen atoms in total. The van der Waals surface area contributed by atoms with Gasteiger partial charge in [-0.2, -0.15) is 0 Å². The third-order valence-electron chi connectivity index (χ3n) is 4.76. The van der Waals surface area contributed by atoms with Gasteiger partial charge in [0, 0.05) is 32.0 Å². The Morgan fingerprint density at radius 3 is 2.65 bits per heavy atom. The lowest BCUT2D eigenvalue weighted by Crippen LogP contribution is -2.39. The van der Waals surface area contributed by atoms with Crippen LogP contribution in [0.2, 0.25) is 0 Å². The van der Waals surface area contributed by atoms with Crippen LogP contribution in [0.4, 0.5) is 0 Å². The van der Waals surface area contributed by atoms with Crippen LogP contribution in [-0.2, 0) is 6.54 Å². The SMILES string of the molecule is Cc1cnc(Cn2ccc(C)c(C(=O)N3CCCN(C)CC3)c2=O)cn1. The van der Waals surface area contributed by atoms with Crippen molar-refractivity contribution in [3.05, 3.63) is 57.5 Å². The molecule has 0 atom stereocenters. The minimum atomic E-state index is -0.269. The molecule has 0 aromatic carbocycles. The summed E-state index contributed by atoms with van der Waals surface area (Å²) in [4.78, 5) is 38.5. The molecule has 0 saturated carbocycles. The molecule has 0 bridgehead atoms. The second-order valence-electron chi connectivity index (χ2n) is 6.90. The molecule has 0 radical (unpaired) electrons. The topological polar surface area (TPSA) is 71.3 Å². The van der Waals surface area contributed by atoms with E-state index in [9.17, 15) is 9.59 Å². The maximum Gasteiger partial charge on any atom is 0.264 e. The largest absolute Gasteiger partial charge is 0.337 e. The van der Waals surface area contributed by atoms with Gasteiger partial charge in [0.05, 0.1) is 24.1 Å². The molecule has 7 heteroatoms. The Morgan fingerprint density at radius 2 is 1.92 bits per heavy atom. The second kappa shape index (κ2) is 7.78. The first kappa shape index (κ1) is 18.3. The van der Waals surface area contributed by atoms with Crippen LogP contribution in [0.15, 0.2) is 29.5 Å². The molecule has 1 amide bonds. The van der Waals surface area contributed by atoms with Crippen molar-refractivity contribution in [2.75, 3.05) is 33.2 Å². The second-order valence-corrected chi connectivity index (χ2v) is 6.90. The molecular weight excluding hydrogens is 330 g/mol. The van der Waals surface area contributed by atoms with Crippen molar-refractivity contribution >= 4 is 5.91 Å². The third kappa shape index (κ3) is 3.99. The van der Waals surface area contributed by atoms with Crippen LogP contribution < -0.4 is 5.56 Å². The van der Waals surface area contributed by atoms with Crippen molar-refractivity contribution in [1.29, 1.82) is 0 Å².